The van der Waals surface area contributed by atoms with Crippen LogP contribution in [0.2, 0.25) is 0 Å². The maximum absolute atomic E-state index is 9.51. The largest absolute Gasteiger partial charge is 0.396 e. The summed E-state index contributed by atoms with van der Waals surface area (Å²) < 4.78 is 0. The highest BCUT2D eigenvalue weighted by Crippen LogP contribution is 2.32. The molecule has 0 aliphatic carbocycles. The van der Waals surface area contributed by atoms with Crippen LogP contribution in [0.5, 0.6) is 0 Å². The standard InChI is InChI=1S/C13H22OS/c1-4-11-7-8-12(15-11)9-13(5-2,6-3)10-14/h7-8,14H,4-6,9-10H2,1-3H3. The van der Waals surface area contributed by atoms with Gasteiger partial charge in [0, 0.05) is 16.4 Å². The van der Waals surface area contributed by atoms with Crippen LogP contribution in [-0.4, -0.2) is 11.7 Å². The molecule has 1 aromatic rings. The number of aryl methyl sites for hydroxylation is 1. The van der Waals surface area contributed by atoms with Gasteiger partial charge in [-0.15, -0.1) is 11.3 Å². The van der Waals surface area contributed by atoms with E-state index in [1.54, 1.807) is 0 Å². The van der Waals surface area contributed by atoms with Gasteiger partial charge in [-0.25, -0.2) is 0 Å². The molecule has 0 atom stereocenters. The van der Waals surface area contributed by atoms with Gasteiger partial charge < -0.3 is 5.11 Å². The second-order valence-electron chi connectivity index (χ2n) is 4.26. The van der Waals surface area contributed by atoms with Gasteiger partial charge in [-0.3, -0.25) is 0 Å². The lowest BCUT2D eigenvalue weighted by Crippen LogP contribution is -2.26. The summed E-state index contributed by atoms with van der Waals surface area (Å²) in [4.78, 5) is 2.87. The van der Waals surface area contributed by atoms with Crippen molar-refractivity contribution in [3.8, 4) is 0 Å². The van der Waals surface area contributed by atoms with Crippen LogP contribution in [0.4, 0.5) is 0 Å². The third kappa shape index (κ3) is 3.05. The minimum absolute atomic E-state index is 0.107. The summed E-state index contributed by atoms with van der Waals surface area (Å²) in [6, 6.07) is 4.44. The molecule has 0 spiro atoms. The average Bonchev–Trinajstić information content (AvgIpc) is 2.73. The zero-order valence-corrected chi connectivity index (χ0v) is 10.9. The maximum atomic E-state index is 9.51. The fraction of sp³-hybridized carbons (Fsp3) is 0.692. The number of aliphatic hydroxyl groups is 1. The molecule has 1 rings (SSSR count). The van der Waals surface area contributed by atoms with Gasteiger partial charge >= 0.3 is 0 Å². The van der Waals surface area contributed by atoms with E-state index in [1.165, 1.54) is 9.75 Å². The monoisotopic (exact) mass is 226 g/mol. The van der Waals surface area contributed by atoms with E-state index >= 15 is 0 Å². The van der Waals surface area contributed by atoms with Gasteiger partial charge in [0.1, 0.15) is 0 Å². The van der Waals surface area contributed by atoms with Gasteiger partial charge in [0.25, 0.3) is 0 Å². The second kappa shape index (κ2) is 5.66. The first kappa shape index (κ1) is 12.7. The molecule has 0 aromatic carbocycles. The highest BCUT2D eigenvalue weighted by molar-refractivity contribution is 7.11. The molecule has 0 unspecified atom stereocenters. The van der Waals surface area contributed by atoms with Crippen molar-refractivity contribution in [3.63, 3.8) is 0 Å². The Bertz CT molecular complexity index is 278. The van der Waals surface area contributed by atoms with Crippen LogP contribution in [0.3, 0.4) is 0 Å². The van der Waals surface area contributed by atoms with E-state index in [2.05, 4.69) is 32.9 Å². The zero-order valence-electron chi connectivity index (χ0n) is 10.0. The Morgan fingerprint density at radius 1 is 1.13 bits per heavy atom. The van der Waals surface area contributed by atoms with E-state index in [-0.39, 0.29) is 5.41 Å². The Balaban J connectivity index is 2.73. The first-order valence-electron chi connectivity index (χ1n) is 5.88. The highest BCUT2D eigenvalue weighted by Gasteiger charge is 2.26. The molecule has 0 bridgehead atoms. The SMILES string of the molecule is CCc1ccc(CC(CC)(CC)CO)s1. The predicted octanol–water partition coefficient (Wildman–Crippen LogP) is 3.65. The van der Waals surface area contributed by atoms with Crippen LogP contribution in [-0.2, 0) is 12.8 Å². The molecule has 1 N–H and O–H groups in total. The first-order chi connectivity index (χ1) is 7.19. The van der Waals surface area contributed by atoms with Gasteiger partial charge in [0.2, 0.25) is 0 Å². The van der Waals surface area contributed by atoms with E-state index in [0.29, 0.717) is 6.61 Å². The van der Waals surface area contributed by atoms with Gasteiger partial charge in [-0.1, -0.05) is 20.8 Å². The summed E-state index contributed by atoms with van der Waals surface area (Å²) in [5, 5.41) is 9.51. The molecule has 1 heterocycles. The molecule has 0 fully saturated rings. The van der Waals surface area contributed by atoms with Crippen LogP contribution in [0.1, 0.15) is 43.4 Å². The first-order valence-corrected chi connectivity index (χ1v) is 6.69. The van der Waals surface area contributed by atoms with Crippen LogP contribution >= 0.6 is 11.3 Å². The summed E-state index contributed by atoms with van der Waals surface area (Å²) in [5.41, 5.74) is 0.107. The maximum Gasteiger partial charge on any atom is 0.0490 e. The van der Waals surface area contributed by atoms with Crippen LogP contribution in [0.15, 0.2) is 12.1 Å². The van der Waals surface area contributed by atoms with Crippen molar-refractivity contribution in [3.05, 3.63) is 21.9 Å². The Labute approximate surface area is 97.2 Å². The highest BCUT2D eigenvalue weighted by atomic mass is 32.1. The molecule has 1 aromatic heterocycles. The number of hydrogen-bond donors (Lipinski definition) is 1. The van der Waals surface area contributed by atoms with E-state index in [1.807, 2.05) is 11.3 Å². The lowest BCUT2D eigenvalue weighted by atomic mass is 9.80. The average molecular weight is 226 g/mol. The van der Waals surface area contributed by atoms with Gasteiger partial charge in [0.05, 0.1) is 0 Å². The minimum atomic E-state index is 0.107. The number of rotatable bonds is 6. The summed E-state index contributed by atoms with van der Waals surface area (Å²) >= 11 is 1.89. The fourth-order valence-corrected chi connectivity index (χ4v) is 2.99. The Morgan fingerprint density at radius 3 is 2.13 bits per heavy atom. The predicted molar refractivity (Wildman–Crippen MR) is 67.5 cm³/mol. The molecule has 15 heavy (non-hydrogen) atoms. The number of aliphatic hydroxyl groups excluding tert-OH is 1. The zero-order chi connectivity index (χ0) is 11.3. The Kier molecular flexibility index (Phi) is 4.81. The van der Waals surface area contributed by atoms with Crippen molar-refractivity contribution < 1.29 is 5.11 Å². The summed E-state index contributed by atoms with van der Waals surface area (Å²) in [7, 11) is 0. The molecular weight excluding hydrogens is 204 g/mol. The third-order valence-corrected chi connectivity index (χ3v) is 4.68. The second-order valence-corrected chi connectivity index (χ2v) is 5.52. The van der Waals surface area contributed by atoms with Crippen LogP contribution in [0.25, 0.3) is 0 Å². The Morgan fingerprint density at radius 2 is 1.73 bits per heavy atom. The van der Waals surface area contributed by atoms with Crippen molar-refractivity contribution in [2.24, 2.45) is 5.41 Å². The number of thiophene rings is 1. The van der Waals surface area contributed by atoms with Crippen molar-refractivity contribution in [2.75, 3.05) is 6.61 Å². The van der Waals surface area contributed by atoms with Crippen molar-refractivity contribution in [1.82, 2.24) is 0 Å². The summed E-state index contributed by atoms with van der Waals surface area (Å²) in [6.07, 6.45) is 4.26. The van der Waals surface area contributed by atoms with E-state index in [9.17, 15) is 5.11 Å². The third-order valence-electron chi connectivity index (χ3n) is 3.45. The van der Waals surface area contributed by atoms with E-state index in [0.717, 1.165) is 25.7 Å². The van der Waals surface area contributed by atoms with Crippen molar-refractivity contribution in [2.45, 2.75) is 46.5 Å². The molecule has 0 saturated carbocycles. The quantitative estimate of drug-likeness (QED) is 0.785. The van der Waals surface area contributed by atoms with Gasteiger partial charge in [-0.05, 0) is 43.2 Å². The van der Waals surface area contributed by atoms with Crippen molar-refractivity contribution >= 4 is 11.3 Å². The molecule has 86 valence electrons. The lowest BCUT2D eigenvalue weighted by molar-refractivity contribution is 0.116. The molecule has 0 aliphatic heterocycles. The molecule has 0 aliphatic rings. The molecular formula is C13H22OS. The topological polar surface area (TPSA) is 20.2 Å². The normalized spacial score (nSPS) is 12.0. The lowest BCUT2D eigenvalue weighted by Gasteiger charge is -2.28. The van der Waals surface area contributed by atoms with Crippen molar-refractivity contribution in [1.29, 1.82) is 0 Å². The summed E-state index contributed by atoms with van der Waals surface area (Å²) in [5.74, 6) is 0. The van der Waals surface area contributed by atoms with E-state index < -0.39 is 0 Å². The van der Waals surface area contributed by atoms with Gasteiger partial charge in [0.15, 0.2) is 0 Å². The molecule has 2 heteroatoms. The fourth-order valence-electron chi connectivity index (χ4n) is 1.86. The van der Waals surface area contributed by atoms with Crippen LogP contribution < -0.4 is 0 Å². The molecule has 0 saturated heterocycles. The Hall–Kier alpha value is -0.340. The number of hydrogen-bond acceptors (Lipinski definition) is 2. The molecule has 0 amide bonds. The molecule has 0 radical (unpaired) electrons. The van der Waals surface area contributed by atoms with E-state index in [4.69, 9.17) is 0 Å². The molecule has 1 nitrogen and oxygen atoms in total. The summed E-state index contributed by atoms with van der Waals surface area (Å²) in [6.45, 7) is 6.84. The van der Waals surface area contributed by atoms with Gasteiger partial charge in [-0.2, -0.15) is 0 Å². The smallest absolute Gasteiger partial charge is 0.0490 e. The van der Waals surface area contributed by atoms with Crippen LogP contribution in [0, 0.1) is 5.41 Å². The minimum Gasteiger partial charge on any atom is -0.396 e.